The van der Waals surface area contributed by atoms with Crippen LogP contribution in [0.1, 0.15) is 151 Å². The van der Waals surface area contributed by atoms with Gasteiger partial charge in [0.2, 0.25) is 94.5 Å². The number of aliphatic hydroxyl groups excluding tert-OH is 1. The van der Waals surface area contributed by atoms with Crippen molar-refractivity contribution in [3.63, 3.8) is 0 Å². The van der Waals surface area contributed by atoms with Gasteiger partial charge in [-0.2, -0.15) is 0 Å². The third-order valence-corrected chi connectivity index (χ3v) is 23.8. The third kappa shape index (κ3) is 36.5. The fourth-order valence-corrected chi connectivity index (χ4v) is 15.7. The molecule has 0 saturated carbocycles. The second kappa shape index (κ2) is 55.8. The topological polar surface area (TPSA) is 677 Å². The molecule has 1 fully saturated rings. The quantitative estimate of drug-likeness (QED) is 0.0242. The van der Waals surface area contributed by atoms with Crippen LogP contribution in [-0.4, -0.2) is 261 Å². The van der Waals surface area contributed by atoms with Gasteiger partial charge >= 0.3 is 11.9 Å². The van der Waals surface area contributed by atoms with Gasteiger partial charge in [0, 0.05) is 42.1 Å². The molecule has 0 radical (unpaired) electrons. The Bertz CT molecular complexity index is 4960. The summed E-state index contributed by atoms with van der Waals surface area (Å²) in [5.74, 6) is -23.3. The number of para-hydroxylation sites is 1. The first-order valence-corrected chi connectivity index (χ1v) is 47.1. The molecule has 5 aromatic rings. The molecule has 137 heavy (non-hydrogen) atoms. The Morgan fingerprint density at radius 1 is 0.438 bits per heavy atom. The Morgan fingerprint density at radius 2 is 0.847 bits per heavy atom. The second-order valence-corrected chi connectivity index (χ2v) is 36.7. The first kappa shape index (κ1) is 113. The number of aromatic nitrogens is 1. The molecule has 2 unspecified atom stereocenters. The zero-order valence-electron chi connectivity index (χ0n) is 79.4. The van der Waals surface area contributed by atoms with Crippen molar-refractivity contribution >= 4 is 129 Å². The van der Waals surface area contributed by atoms with Crippen molar-refractivity contribution in [3.8, 4) is 16.9 Å². The average molecular weight is 1930 g/mol. The average Bonchev–Trinajstić information content (AvgIpc) is 1.60. The minimum atomic E-state index is -2.10. The number of nitrogens with one attached hydrogen (secondary N) is 16. The van der Waals surface area contributed by atoms with Gasteiger partial charge in [0.15, 0.2) is 6.61 Å². The van der Waals surface area contributed by atoms with Crippen LogP contribution >= 0.6 is 11.8 Å². The molecular weight excluding hydrogens is 1790 g/mol. The number of aliphatic hydroxyl groups is 1. The van der Waals surface area contributed by atoms with Crippen LogP contribution in [0.3, 0.4) is 0 Å². The zero-order valence-corrected chi connectivity index (χ0v) is 80.2. The van der Waals surface area contributed by atoms with E-state index in [1.807, 2.05) is 30.3 Å². The van der Waals surface area contributed by atoms with E-state index in [1.165, 1.54) is 45.0 Å². The summed E-state index contributed by atoms with van der Waals surface area (Å²) in [6.07, 6.45) is -2.89. The van der Waals surface area contributed by atoms with Crippen LogP contribution in [0.2, 0.25) is 0 Å². The predicted octanol–water partition coefficient (Wildman–Crippen LogP) is -1.41. The van der Waals surface area contributed by atoms with Gasteiger partial charge in [0.1, 0.15) is 96.4 Å². The van der Waals surface area contributed by atoms with Crippen molar-refractivity contribution in [3.05, 3.63) is 126 Å². The lowest BCUT2D eigenvalue weighted by molar-refractivity contribution is -0.142. The van der Waals surface area contributed by atoms with Crippen molar-refractivity contribution in [2.75, 3.05) is 37.7 Å². The van der Waals surface area contributed by atoms with E-state index >= 15 is 28.8 Å². The number of aromatic amines is 1. The Morgan fingerprint density at radius 3 is 1.35 bits per heavy atom. The Kier molecular flexibility index (Phi) is 45.9. The van der Waals surface area contributed by atoms with E-state index in [0.29, 0.717) is 33.8 Å². The molecule has 4 aromatic carbocycles. The Labute approximate surface area is 799 Å². The monoisotopic (exact) mass is 1930 g/mol. The highest BCUT2D eigenvalue weighted by atomic mass is 32.2. The van der Waals surface area contributed by atoms with Gasteiger partial charge < -0.3 is 128 Å². The number of nitrogens with two attached hydrogens (primary N) is 4. The van der Waals surface area contributed by atoms with Crippen LogP contribution in [-0.2, 0) is 106 Å². The SMILES string of the molecule is CCC(C)[C@@H]1NC(=O)[C@H](Cc2ccc(-c3ccccc3)cc2)NC(=O)[C@H](C(C)C)NC(=O)[C@H](Cc2c[nH]c3ccccc23)NC(=O)[C@H](CC(=O)O)NC(=O)[C@H](Cc2ccc(OCC(=O)O)cc2)NC(=O)[C@H](CCN)NC(=O)CSC[C@@H](C(=O)N[C@@H](C)C(N)=O)NC(=O)[C@H](C(C)O)NC(=O)[C@H](C(C)C)NC(=O)[C@H](CC(C)C)NC(=O)[C@H](CCN)NC(=O)[C@@H](CC(C)C)NC(=O)[C@H](CCCN)NC1=O. The number of carbonyl (C=O) groups is 18. The number of ether oxygens (including phenoxy) is 1. The summed E-state index contributed by atoms with van der Waals surface area (Å²) in [6, 6.07) is 4.59. The fraction of sp³-hybridized carbons (Fsp3) is 0.532. The largest absolute Gasteiger partial charge is 0.482 e. The normalized spacial score (nSPS) is 23.6. The van der Waals surface area contributed by atoms with Crippen molar-refractivity contribution in [2.45, 2.75) is 250 Å². The van der Waals surface area contributed by atoms with Gasteiger partial charge in [0.25, 0.3) is 0 Å². The number of thioether (sulfide) groups is 1. The summed E-state index contributed by atoms with van der Waals surface area (Å²) in [6.45, 7) is 17.7. The first-order chi connectivity index (χ1) is 64.8. The molecule has 1 aromatic heterocycles. The fourth-order valence-electron chi connectivity index (χ4n) is 14.9. The van der Waals surface area contributed by atoms with E-state index in [4.69, 9.17) is 27.7 Å². The molecule has 16 amide bonds. The zero-order chi connectivity index (χ0) is 102. The number of carboxylic acids is 2. The molecule has 42 nitrogen and oxygen atoms in total. The Hall–Kier alpha value is -13.1. The molecule has 6 rings (SSSR count). The molecular formula is C94H136N20O22S. The van der Waals surface area contributed by atoms with E-state index in [1.54, 1.807) is 110 Å². The van der Waals surface area contributed by atoms with Crippen molar-refractivity contribution in [1.82, 2.24) is 84.7 Å². The third-order valence-electron chi connectivity index (χ3n) is 22.7. The highest BCUT2D eigenvalue weighted by Gasteiger charge is 2.42. The molecule has 2 heterocycles. The van der Waals surface area contributed by atoms with Crippen LogP contribution in [0.25, 0.3) is 22.0 Å². The molecule has 17 atom stereocenters. The second-order valence-electron chi connectivity index (χ2n) is 35.7. The van der Waals surface area contributed by atoms with Gasteiger partial charge in [-0.25, -0.2) is 4.79 Å². The number of aliphatic carboxylic acids is 2. The maximum atomic E-state index is 15.4. The minimum absolute atomic E-state index is 0.0184. The summed E-state index contributed by atoms with van der Waals surface area (Å²) in [4.78, 5) is 262. The lowest BCUT2D eigenvalue weighted by atomic mass is 9.95. The van der Waals surface area contributed by atoms with E-state index in [9.17, 15) is 72.9 Å². The number of primary amides is 1. The van der Waals surface area contributed by atoms with Crippen molar-refractivity contribution in [2.24, 2.45) is 52.5 Å². The van der Waals surface area contributed by atoms with Gasteiger partial charge in [-0.05, 0) is 148 Å². The van der Waals surface area contributed by atoms with Crippen LogP contribution in [0.4, 0.5) is 0 Å². The molecule has 1 aliphatic rings. The summed E-state index contributed by atoms with van der Waals surface area (Å²) in [7, 11) is 0. The van der Waals surface area contributed by atoms with Gasteiger partial charge in [-0.15, -0.1) is 11.8 Å². The number of carboxylic acid groups (broad SMARTS) is 2. The maximum Gasteiger partial charge on any atom is 0.341 e. The molecule has 0 bridgehead atoms. The van der Waals surface area contributed by atoms with Crippen LogP contribution in [0, 0.1) is 29.6 Å². The minimum Gasteiger partial charge on any atom is -0.482 e. The highest BCUT2D eigenvalue weighted by Crippen LogP contribution is 2.25. The van der Waals surface area contributed by atoms with Crippen LogP contribution in [0.5, 0.6) is 5.75 Å². The van der Waals surface area contributed by atoms with E-state index in [-0.39, 0.29) is 101 Å². The molecule has 27 N–H and O–H groups in total. The predicted molar refractivity (Wildman–Crippen MR) is 510 cm³/mol. The lowest BCUT2D eigenvalue weighted by Crippen LogP contribution is -2.63. The number of hydrogen-bond acceptors (Lipinski definition) is 24. The number of rotatable bonds is 31. The summed E-state index contributed by atoms with van der Waals surface area (Å²) in [5.41, 5.74) is 27.0. The first-order valence-electron chi connectivity index (χ1n) is 45.9. The number of hydrogen-bond donors (Lipinski definition) is 23. The van der Waals surface area contributed by atoms with E-state index in [2.05, 4.69) is 84.7 Å². The summed E-state index contributed by atoms with van der Waals surface area (Å²) < 4.78 is 5.30. The van der Waals surface area contributed by atoms with E-state index < -0.39 is 252 Å². The van der Waals surface area contributed by atoms with Crippen molar-refractivity contribution < 1.29 is 106 Å². The molecule has 750 valence electrons. The number of fused-ring (bicyclic) bond motifs is 1. The highest BCUT2D eigenvalue weighted by molar-refractivity contribution is 8.00. The maximum absolute atomic E-state index is 15.4. The standard InChI is InChI=1S/C94H136N20O22S/c1-13-52(10)78-93(134)103-63(24-19-35-95)81(122)104-66(38-48(2)3)84(125)102-65(34-37-97)83(124)105-67(39-49(4)5)87(128)112-77(51(8)9)92(133)114-79(54(12)115)94(135)110-72(90(131)100-53(11)80(98)121)46-137-47-73(116)101-64(33-36-96)82(123)106-68(41-56-27-31-60(32-28-56)136-45-75(119)120)85(126)108-71(43-74(117)118)86(127)107-70(42-59-44-99-62-23-18-17-22-61(59)62)89(130)111-76(50(6)7)91(132)109-69(88(129)113-78)40-55-25-29-58(30-26-55)57-20-15-14-16-21-57/h14-18,20-23,25-32,44,48-54,63-72,76-79,99,115H,13,19,24,33-43,45-47,95-97H2,1-12H3,(H2,98,121)(H,100,131)(H,101,116)(H,102,125)(H,103,134)(H,104,122)(H,105,124)(H,106,123)(H,107,127)(H,108,126)(H,109,132)(H,110,135)(H,111,130)(H,112,128)(H,113,129)(H,114,133)(H,117,118)(H,119,120)/t52?,53-,54?,63-,64-,65-,66+,67-,68-,69-,70-,71-,72-,76-,77-,78-,79-/m0/s1. The smallest absolute Gasteiger partial charge is 0.341 e. The number of carbonyl (C=O) groups excluding carboxylic acids is 16. The van der Waals surface area contributed by atoms with Crippen LogP contribution in [0.15, 0.2) is 109 Å². The number of benzene rings is 4. The summed E-state index contributed by atoms with van der Waals surface area (Å²) >= 11 is 0.682. The number of amides is 16. The van der Waals surface area contributed by atoms with Gasteiger partial charge in [-0.3, -0.25) is 81.5 Å². The van der Waals surface area contributed by atoms with Crippen LogP contribution < -0.4 is 107 Å². The summed E-state index contributed by atoms with van der Waals surface area (Å²) in [5, 5.41) is 70.7. The molecule has 0 aliphatic carbocycles. The Balaban J connectivity index is 1.50. The lowest BCUT2D eigenvalue weighted by Gasteiger charge is -2.31. The number of H-pyrrole nitrogens is 1. The van der Waals surface area contributed by atoms with Gasteiger partial charge in [0.05, 0.1) is 18.3 Å². The molecule has 1 aliphatic heterocycles. The molecule has 43 heteroatoms. The molecule has 1 saturated heterocycles. The van der Waals surface area contributed by atoms with Crippen molar-refractivity contribution in [1.29, 1.82) is 0 Å². The van der Waals surface area contributed by atoms with Gasteiger partial charge in [-0.1, -0.05) is 161 Å². The van der Waals surface area contributed by atoms with E-state index in [0.717, 1.165) is 18.1 Å². The molecule has 0 spiro atoms.